The van der Waals surface area contributed by atoms with E-state index in [-0.39, 0.29) is 0 Å². The van der Waals surface area contributed by atoms with Crippen LogP contribution in [0.4, 0.5) is 0 Å². The minimum Gasteiger partial charge on any atom is -0.477 e. The molecule has 17 heavy (non-hydrogen) atoms. The van der Waals surface area contributed by atoms with Crippen molar-refractivity contribution in [1.82, 2.24) is 0 Å². The lowest BCUT2D eigenvalue weighted by molar-refractivity contribution is -0.346. The van der Waals surface area contributed by atoms with E-state index < -0.39 is 48.9 Å². The molecule has 0 aromatic heterocycles. The monoisotopic (exact) mass is 254 g/mol. The van der Waals surface area contributed by atoms with Gasteiger partial charge in [0.15, 0.2) is 0 Å². The Balaban J connectivity index is 3.02. The van der Waals surface area contributed by atoms with Crippen molar-refractivity contribution in [3.05, 3.63) is 0 Å². The molecule has 0 aromatic rings. The van der Waals surface area contributed by atoms with Gasteiger partial charge >= 0.3 is 5.97 Å². The number of aliphatic hydroxyl groups excluding tert-OH is 5. The van der Waals surface area contributed by atoms with Crippen molar-refractivity contribution < 1.29 is 45.3 Å². The number of aliphatic hydroxyl groups is 6. The molecule has 0 amide bonds. The highest BCUT2D eigenvalue weighted by molar-refractivity contribution is 5.76. The van der Waals surface area contributed by atoms with Gasteiger partial charge < -0.3 is 40.5 Å². The van der Waals surface area contributed by atoms with Crippen LogP contribution in [-0.2, 0) is 9.53 Å². The summed E-state index contributed by atoms with van der Waals surface area (Å²) < 4.78 is 4.47. The van der Waals surface area contributed by atoms with Crippen molar-refractivity contribution in [2.45, 2.75) is 36.3 Å². The molecule has 9 nitrogen and oxygen atoms in total. The zero-order chi connectivity index (χ0) is 13.4. The maximum absolute atomic E-state index is 10.7. The van der Waals surface area contributed by atoms with Gasteiger partial charge in [-0.2, -0.15) is 0 Å². The topological polar surface area (TPSA) is 168 Å². The van der Waals surface area contributed by atoms with Crippen molar-refractivity contribution >= 4 is 5.97 Å². The predicted molar refractivity (Wildman–Crippen MR) is 48.6 cm³/mol. The molecule has 0 spiro atoms. The van der Waals surface area contributed by atoms with Gasteiger partial charge in [-0.25, -0.2) is 4.79 Å². The Bertz CT molecular complexity index is 295. The fourth-order valence-corrected chi connectivity index (χ4v) is 1.55. The van der Waals surface area contributed by atoms with E-state index >= 15 is 0 Å². The summed E-state index contributed by atoms with van der Waals surface area (Å²) in [6.07, 6.45) is -9.67. The molecule has 0 aliphatic carbocycles. The van der Waals surface area contributed by atoms with Crippen LogP contribution in [-0.4, -0.2) is 84.6 Å². The minimum atomic E-state index is -3.17. The summed E-state index contributed by atoms with van der Waals surface area (Å²) in [5.41, 5.74) is 0. The fourth-order valence-electron chi connectivity index (χ4n) is 1.55. The molecule has 100 valence electrons. The summed E-state index contributed by atoms with van der Waals surface area (Å²) in [6, 6.07) is 0. The summed E-state index contributed by atoms with van der Waals surface area (Å²) >= 11 is 0. The summed E-state index contributed by atoms with van der Waals surface area (Å²) in [7, 11) is 0. The van der Waals surface area contributed by atoms with Crippen molar-refractivity contribution in [2.75, 3.05) is 6.61 Å². The fraction of sp³-hybridized carbons (Fsp3) is 0.875. The van der Waals surface area contributed by atoms with Crippen molar-refractivity contribution in [3.8, 4) is 0 Å². The molecule has 0 radical (unpaired) electrons. The van der Waals surface area contributed by atoms with Crippen LogP contribution >= 0.6 is 0 Å². The highest BCUT2D eigenvalue weighted by Crippen LogP contribution is 2.29. The van der Waals surface area contributed by atoms with Crippen molar-refractivity contribution in [1.29, 1.82) is 0 Å². The third-order valence-electron chi connectivity index (χ3n) is 2.60. The second kappa shape index (κ2) is 4.82. The number of aliphatic carboxylic acids is 1. The zero-order valence-electron chi connectivity index (χ0n) is 8.54. The summed E-state index contributed by atoms with van der Waals surface area (Å²) in [5.74, 6) is -5.16. The van der Waals surface area contributed by atoms with Gasteiger partial charge in [-0.05, 0) is 0 Å². The third-order valence-corrected chi connectivity index (χ3v) is 2.60. The Labute approximate surface area is 95.1 Å². The van der Waals surface area contributed by atoms with Crippen LogP contribution in [0.5, 0.6) is 0 Å². The van der Waals surface area contributed by atoms with Gasteiger partial charge in [-0.15, -0.1) is 0 Å². The Morgan fingerprint density at radius 3 is 2.24 bits per heavy atom. The van der Waals surface area contributed by atoms with Crippen molar-refractivity contribution in [3.63, 3.8) is 0 Å². The number of hydrogen-bond donors (Lipinski definition) is 7. The average molecular weight is 254 g/mol. The van der Waals surface area contributed by atoms with Gasteiger partial charge in [0.05, 0.1) is 6.61 Å². The Hall–Kier alpha value is -0.810. The Morgan fingerprint density at radius 1 is 1.29 bits per heavy atom. The average Bonchev–Trinajstić information content (AvgIpc) is 2.30. The molecule has 1 rings (SSSR count). The van der Waals surface area contributed by atoms with Gasteiger partial charge in [0.2, 0.25) is 0 Å². The lowest BCUT2D eigenvalue weighted by Crippen LogP contribution is -2.69. The van der Waals surface area contributed by atoms with Crippen LogP contribution in [0.15, 0.2) is 0 Å². The molecular formula is C8H14O9. The maximum atomic E-state index is 10.7. The number of rotatable bonds is 3. The quantitative estimate of drug-likeness (QED) is 0.263. The molecule has 0 aromatic carbocycles. The van der Waals surface area contributed by atoms with Gasteiger partial charge in [0, 0.05) is 0 Å². The summed E-state index contributed by atoms with van der Waals surface area (Å²) in [6.45, 7) is -0.889. The molecule has 9 heteroatoms. The van der Waals surface area contributed by atoms with E-state index in [1.54, 1.807) is 0 Å². The number of carboxylic acids is 1. The Morgan fingerprint density at radius 2 is 1.82 bits per heavy atom. The number of ether oxygens (including phenoxy) is 1. The molecule has 1 aliphatic rings. The molecule has 2 unspecified atom stereocenters. The first-order valence-electron chi connectivity index (χ1n) is 4.72. The first-order valence-corrected chi connectivity index (χ1v) is 4.72. The number of carboxylic acid groups (broad SMARTS) is 1. The van der Waals surface area contributed by atoms with E-state index in [2.05, 4.69) is 4.74 Å². The predicted octanol–water partition coefficient (Wildman–Crippen LogP) is -4.41. The highest BCUT2D eigenvalue weighted by Gasteiger charge is 2.58. The van der Waals surface area contributed by atoms with Crippen LogP contribution in [0.3, 0.4) is 0 Å². The van der Waals surface area contributed by atoms with Crippen molar-refractivity contribution in [2.24, 2.45) is 0 Å². The largest absolute Gasteiger partial charge is 0.477 e. The molecular weight excluding hydrogens is 240 g/mol. The van der Waals surface area contributed by atoms with E-state index in [0.717, 1.165) is 0 Å². The molecule has 1 saturated heterocycles. The SMILES string of the molecule is O=C(O)C1(O)O[C@H](C(O)CO)[C@@H](O)[C@H](O)[C@@H]1O. The lowest BCUT2D eigenvalue weighted by Gasteiger charge is -2.44. The molecule has 1 heterocycles. The standard InChI is InChI=1S/C8H14O9/c9-1-2(10)5-3(11)4(12)6(13)8(16,17-5)7(14)15/h2-6,9-13,16H,1H2,(H,14,15)/t2?,3-,4-,5+,6-,8?/m0/s1. The first kappa shape index (κ1) is 14.3. The van der Waals surface area contributed by atoms with E-state index in [9.17, 15) is 30.3 Å². The van der Waals surface area contributed by atoms with Crippen LogP contribution in [0.1, 0.15) is 0 Å². The van der Waals surface area contributed by atoms with Crippen LogP contribution in [0.2, 0.25) is 0 Å². The third kappa shape index (κ3) is 2.26. The van der Waals surface area contributed by atoms with Gasteiger partial charge in [-0.3, -0.25) is 0 Å². The molecule has 1 aliphatic heterocycles. The van der Waals surface area contributed by atoms with Crippen LogP contribution in [0, 0.1) is 0 Å². The minimum absolute atomic E-state index is 0.889. The smallest absolute Gasteiger partial charge is 0.367 e. The normalized spacial score (nSPS) is 44.4. The zero-order valence-corrected chi connectivity index (χ0v) is 8.54. The van der Waals surface area contributed by atoms with Gasteiger partial charge in [0.25, 0.3) is 5.79 Å². The van der Waals surface area contributed by atoms with Crippen LogP contribution in [0.25, 0.3) is 0 Å². The van der Waals surface area contributed by atoms with E-state index in [1.165, 1.54) is 0 Å². The van der Waals surface area contributed by atoms with E-state index in [1.807, 2.05) is 0 Å². The molecule has 7 N–H and O–H groups in total. The molecule has 0 saturated carbocycles. The highest BCUT2D eigenvalue weighted by atomic mass is 16.7. The number of carbonyl (C=O) groups is 1. The lowest BCUT2D eigenvalue weighted by atomic mass is 9.90. The molecule has 1 fully saturated rings. The Kier molecular flexibility index (Phi) is 4.04. The van der Waals surface area contributed by atoms with E-state index in [0.29, 0.717) is 0 Å². The second-order valence-electron chi connectivity index (χ2n) is 3.76. The first-order chi connectivity index (χ1) is 7.75. The van der Waals surface area contributed by atoms with Crippen LogP contribution < -0.4 is 0 Å². The number of hydrogen-bond acceptors (Lipinski definition) is 8. The summed E-state index contributed by atoms with van der Waals surface area (Å²) in [4.78, 5) is 10.7. The van der Waals surface area contributed by atoms with Gasteiger partial charge in [-0.1, -0.05) is 0 Å². The van der Waals surface area contributed by atoms with E-state index in [4.69, 9.17) is 10.2 Å². The second-order valence-corrected chi connectivity index (χ2v) is 3.76. The summed E-state index contributed by atoms with van der Waals surface area (Å²) in [5, 5.41) is 64.1. The molecule has 6 atom stereocenters. The molecule has 0 bridgehead atoms. The van der Waals surface area contributed by atoms with Gasteiger partial charge in [0.1, 0.15) is 30.5 Å². The maximum Gasteiger partial charge on any atom is 0.367 e.